The molecular weight excluding hydrogens is 251 g/mol. The first-order chi connectivity index (χ1) is 8.79. The lowest BCUT2D eigenvalue weighted by atomic mass is 10.1. The van der Waals surface area contributed by atoms with E-state index in [9.17, 15) is 9.18 Å². The first kappa shape index (κ1) is 15.6. The van der Waals surface area contributed by atoms with Gasteiger partial charge < -0.3 is 14.6 Å². The van der Waals surface area contributed by atoms with Crippen LogP contribution in [0.15, 0.2) is 18.2 Å². The third-order valence-electron chi connectivity index (χ3n) is 2.32. The summed E-state index contributed by atoms with van der Waals surface area (Å²) in [5, 5.41) is 8.71. The highest BCUT2D eigenvalue weighted by Gasteiger charge is 2.10. The molecule has 0 aliphatic carbocycles. The number of aromatic carboxylic acids is 1. The standard InChI is InChI=1S/C14H19FO4/c1-14(2,3)19-7-6-18-9-11-5-4-10(13(16)17)8-12(11)15/h4-5,8H,6-7,9H2,1-3H3,(H,16,17). The summed E-state index contributed by atoms with van der Waals surface area (Å²) in [5.41, 5.74) is 0.0376. The topological polar surface area (TPSA) is 55.8 Å². The van der Waals surface area contributed by atoms with Crippen LogP contribution in [0.4, 0.5) is 4.39 Å². The maximum atomic E-state index is 13.5. The Morgan fingerprint density at radius 1 is 1.32 bits per heavy atom. The first-order valence-corrected chi connectivity index (χ1v) is 6.03. The van der Waals surface area contributed by atoms with Crippen molar-refractivity contribution in [1.82, 2.24) is 0 Å². The molecule has 0 spiro atoms. The number of ether oxygens (including phenoxy) is 2. The van der Waals surface area contributed by atoms with Gasteiger partial charge in [0.1, 0.15) is 5.82 Å². The van der Waals surface area contributed by atoms with Gasteiger partial charge in [0, 0.05) is 5.56 Å². The van der Waals surface area contributed by atoms with Crippen molar-refractivity contribution in [3.63, 3.8) is 0 Å². The summed E-state index contributed by atoms with van der Waals surface area (Å²) in [6.07, 6.45) is 0. The quantitative estimate of drug-likeness (QED) is 0.807. The number of hydrogen-bond acceptors (Lipinski definition) is 3. The van der Waals surface area contributed by atoms with Crippen LogP contribution in [0.5, 0.6) is 0 Å². The molecule has 1 N–H and O–H groups in total. The molecule has 0 amide bonds. The number of hydrogen-bond donors (Lipinski definition) is 1. The molecule has 0 atom stereocenters. The average molecular weight is 270 g/mol. The van der Waals surface area contributed by atoms with E-state index in [1.54, 1.807) is 0 Å². The van der Waals surface area contributed by atoms with Gasteiger partial charge in [-0.05, 0) is 32.9 Å². The average Bonchev–Trinajstić information content (AvgIpc) is 2.28. The second-order valence-electron chi connectivity index (χ2n) is 5.12. The number of benzene rings is 1. The lowest BCUT2D eigenvalue weighted by Crippen LogP contribution is -2.21. The second-order valence-corrected chi connectivity index (χ2v) is 5.12. The summed E-state index contributed by atoms with van der Waals surface area (Å²) in [6.45, 7) is 6.71. The summed E-state index contributed by atoms with van der Waals surface area (Å²) in [5.74, 6) is -1.72. The molecule has 0 radical (unpaired) electrons. The van der Waals surface area contributed by atoms with E-state index in [-0.39, 0.29) is 17.8 Å². The van der Waals surface area contributed by atoms with Crippen molar-refractivity contribution in [2.45, 2.75) is 33.0 Å². The molecule has 1 aromatic carbocycles. The zero-order valence-electron chi connectivity index (χ0n) is 11.4. The van der Waals surface area contributed by atoms with Crippen LogP contribution in [0.3, 0.4) is 0 Å². The number of carboxylic acids is 1. The molecule has 5 heteroatoms. The maximum absolute atomic E-state index is 13.5. The number of carboxylic acid groups (broad SMARTS) is 1. The Labute approximate surface area is 112 Å². The number of rotatable bonds is 6. The predicted octanol–water partition coefficient (Wildman–Crippen LogP) is 2.86. The molecule has 106 valence electrons. The molecule has 4 nitrogen and oxygen atoms in total. The molecule has 0 aromatic heterocycles. The monoisotopic (exact) mass is 270 g/mol. The third-order valence-corrected chi connectivity index (χ3v) is 2.32. The van der Waals surface area contributed by atoms with E-state index >= 15 is 0 Å². The van der Waals surface area contributed by atoms with Crippen LogP contribution < -0.4 is 0 Å². The summed E-state index contributed by atoms with van der Waals surface area (Å²) in [4.78, 5) is 10.6. The van der Waals surface area contributed by atoms with Gasteiger partial charge in [0.2, 0.25) is 0 Å². The Hall–Kier alpha value is -1.46. The van der Waals surface area contributed by atoms with Gasteiger partial charge in [-0.1, -0.05) is 6.07 Å². The van der Waals surface area contributed by atoms with Crippen molar-refractivity contribution in [1.29, 1.82) is 0 Å². The molecular formula is C14H19FO4. The van der Waals surface area contributed by atoms with E-state index in [1.165, 1.54) is 12.1 Å². The van der Waals surface area contributed by atoms with Crippen LogP contribution in [-0.4, -0.2) is 29.9 Å². The Balaban J connectivity index is 2.40. The van der Waals surface area contributed by atoms with Crippen molar-refractivity contribution < 1.29 is 23.8 Å². The van der Waals surface area contributed by atoms with Crippen LogP contribution in [0.2, 0.25) is 0 Å². The van der Waals surface area contributed by atoms with E-state index in [4.69, 9.17) is 14.6 Å². The summed E-state index contributed by atoms with van der Waals surface area (Å²) in [7, 11) is 0. The van der Waals surface area contributed by atoms with Crippen LogP contribution >= 0.6 is 0 Å². The normalized spacial score (nSPS) is 11.6. The van der Waals surface area contributed by atoms with Crippen LogP contribution in [0.1, 0.15) is 36.7 Å². The molecule has 0 aliphatic heterocycles. The SMILES string of the molecule is CC(C)(C)OCCOCc1ccc(C(=O)O)cc1F. The minimum Gasteiger partial charge on any atom is -0.478 e. The predicted molar refractivity (Wildman–Crippen MR) is 68.7 cm³/mol. The Kier molecular flexibility index (Phi) is 5.44. The van der Waals surface area contributed by atoms with Gasteiger partial charge in [0.15, 0.2) is 0 Å². The highest BCUT2D eigenvalue weighted by Crippen LogP contribution is 2.12. The fourth-order valence-corrected chi connectivity index (χ4v) is 1.39. The maximum Gasteiger partial charge on any atom is 0.335 e. The molecule has 0 saturated heterocycles. The Morgan fingerprint density at radius 3 is 2.53 bits per heavy atom. The lowest BCUT2D eigenvalue weighted by Gasteiger charge is -2.19. The van der Waals surface area contributed by atoms with E-state index in [1.807, 2.05) is 20.8 Å². The summed E-state index contributed by atoms with van der Waals surface area (Å²) < 4.78 is 24.3. The second kappa shape index (κ2) is 6.63. The Morgan fingerprint density at radius 2 is 2.00 bits per heavy atom. The van der Waals surface area contributed by atoms with Gasteiger partial charge >= 0.3 is 5.97 Å². The lowest BCUT2D eigenvalue weighted by molar-refractivity contribution is -0.0379. The minimum atomic E-state index is -1.15. The van der Waals surface area contributed by atoms with Crippen molar-refractivity contribution in [2.24, 2.45) is 0 Å². The molecule has 0 bridgehead atoms. The molecule has 0 unspecified atom stereocenters. The number of halogens is 1. The van der Waals surface area contributed by atoms with E-state index in [0.29, 0.717) is 18.8 Å². The fourth-order valence-electron chi connectivity index (χ4n) is 1.39. The summed E-state index contributed by atoms with van der Waals surface area (Å²) >= 11 is 0. The van der Waals surface area contributed by atoms with Crippen LogP contribution in [-0.2, 0) is 16.1 Å². The van der Waals surface area contributed by atoms with Crippen LogP contribution in [0.25, 0.3) is 0 Å². The first-order valence-electron chi connectivity index (χ1n) is 6.03. The minimum absolute atomic E-state index is 0.0719. The van der Waals surface area contributed by atoms with Gasteiger partial charge in [0.05, 0.1) is 31.0 Å². The molecule has 1 aromatic rings. The molecule has 0 heterocycles. The fraction of sp³-hybridized carbons (Fsp3) is 0.500. The Bertz CT molecular complexity index is 438. The largest absolute Gasteiger partial charge is 0.478 e. The van der Waals surface area contributed by atoms with Crippen molar-refractivity contribution in [2.75, 3.05) is 13.2 Å². The molecule has 0 aliphatic rings. The van der Waals surface area contributed by atoms with Gasteiger partial charge in [-0.15, -0.1) is 0 Å². The van der Waals surface area contributed by atoms with Gasteiger partial charge in [-0.3, -0.25) is 0 Å². The molecule has 0 fully saturated rings. The van der Waals surface area contributed by atoms with Crippen molar-refractivity contribution in [3.05, 3.63) is 35.1 Å². The molecule has 19 heavy (non-hydrogen) atoms. The van der Waals surface area contributed by atoms with E-state index in [0.717, 1.165) is 6.07 Å². The number of carbonyl (C=O) groups is 1. The van der Waals surface area contributed by atoms with Gasteiger partial charge in [-0.2, -0.15) is 0 Å². The summed E-state index contributed by atoms with van der Waals surface area (Å²) in [6, 6.07) is 3.77. The van der Waals surface area contributed by atoms with Crippen molar-refractivity contribution >= 4 is 5.97 Å². The smallest absolute Gasteiger partial charge is 0.335 e. The molecule has 0 saturated carbocycles. The van der Waals surface area contributed by atoms with E-state index < -0.39 is 11.8 Å². The zero-order chi connectivity index (χ0) is 14.5. The molecule has 1 rings (SSSR count). The van der Waals surface area contributed by atoms with Crippen molar-refractivity contribution in [3.8, 4) is 0 Å². The van der Waals surface area contributed by atoms with Gasteiger partial charge in [-0.25, -0.2) is 9.18 Å². The highest BCUT2D eigenvalue weighted by atomic mass is 19.1. The van der Waals surface area contributed by atoms with E-state index in [2.05, 4.69) is 0 Å². The van der Waals surface area contributed by atoms with Gasteiger partial charge in [0.25, 0.3) is 0 Å². The highest BCUT2D eigenvalue weighted by molar-refractivity contribution is 5.87. The third kappa shape index (κ3) is 5.81. The van der Waals surface area contributed by atoms with Crippen LogP contribution in [0, 0.1) is 5.82 Å². The zero-order valence-corrected chi connectivity index (χ0v) is 11.4.